The van der Waals surface area contributed by atoms with E-state index in [-0.39, 0.29) is 18.4 Å². The molecule has 96 valence electrons. The minimum absolute atomic E-state index is 0.0174. The van der Waals surface area contributed by atoms with Crippen molar-refractivity contribution in [2.45, 2.75) is 38.6 Å². The summed E-state index contributed by atoms with van der Waals surface area (Å²) in [6.45, 7) is 3.16. The maximum Gasteiger partial charge on any atom is 0.317 e. The monoisotopic (exact) mass is 240 g/mol. The summed E-state index contributed by atoms with van der Waals surface area (Å²) in [7, 11) is 0. The van der Waals surface area contributed by atoms with Crippen LogP contribution in [0.5, 0.6) is 0 Å². The summed E-state index contributed by atoms with van der Waals surface area (Å²) >= 11 is 0. The largest absolute Gasteiger partial charge is 0.481 e. The van der Waals surface area contributed by atoms with Gasteiger partial charge in [0.05, 0.1) is 0 Å². The van der Waals surface area contributed by atoms with Crippen LogP contribution in [0.2, 0.25) is 0 Å². The molecular weight excluding hydrogens is 220 g/mol. The molecule has 1 heterocycles. The molecule has 0 aromatic heterocycles. The number of likely N-dealkylation sites (tertiary alicyclic amines) is 1. The van der Waals surface area contributed by atoms with Crippen LogP contribution in [-0.4, -0.2) is 41.1 Å². The van der Waals surface area contributed by atoms with Gasteiger partial charge in [-0.15, -0.1) is 0 Å². The number of aliphatic carboxylic acids is 1. The zero-order chi connectivity index (χ0) is 12.4. The standard InChI is InChI=1S/C12H20N2O3/c1-8(4-11(15)16)6-13-12(17)14-7-9-2-3-10(14)5-9/h8-10H,2-7H2,1H3,(H,13,17)(H,15,16). The summed E-state index contributed by atoms with van der Waals surface area (Å²) in [4.78, 5) is 24.3. The van der Waals surface area contributed by atoms with Crippen LogP contribution in [0.25, 0.3) is 0 Å². The first kappa shape index (κ1) is 12.2. The molecule has 1 saturated carbocycles. The Morgan fingerprint density at radius 2 is 2.24 bits per heavy atom. The number of hydrogen-bond donors (Lipinski definition) is 2. The SMILES string of the molecule is CC(CNC(=O)N1CC2CCC1C2)CC(=O)O. The number of urea groups is 1. The van der Waals surface area contributed by atoms with Gasteiger partial charge in [-0.1, -0.05) is 6.92 Å². The van der Waals surface area contributed by atoms with E-state index in [4.69, 9.17) is 5.11 Å². The Labute approximate surface area is 101 Å². The molecule has 2 N–H and O–H groups in total. The average molecular weight is 240 g/mol. The molecule has 5 heteroatoms. The lowest BCUT2D eigenvalue weighted by molar-refractivity contribution is -0.137. The molecule has 2 bridgehead atoms. The van der Waals surface area contributed by atoms with Crippen LogP contribution in [-0.2, 0) is 4.79 Å². The number of carboxylic acids is 1. The summed E-state index contributed by atoms with van der Waals surface area (Å²) in [5.41, 5.74) is 0. The molecule has 0 aromatic carbocycles. The van der Waals surface area contributed by atoms with Crippen LogP contribution in [0.15, 0.2) is 0 Å². The Morgan fingerprint density at radius 3 is 2.76 bits per heavy atom. The van der Waals surface area contributed by atoms with Gasteiger partial charge in [0.1, 0.15) is 0 Å². The molecule has 0 spiro atoms. The van der Waals surface area contributed by atoms with Crippen molar-refractivity contribution in [1.82, 2.24) is 10.2 Å². The fourth-order valence-electron chi connectivity index (χ4n) is 2.91. The second-order valence-corrected chi connectivity index (χ2v) is 5.37. The maximum atomic E-state index is 11.9. The number of amides is 2. The number of piperidine rings is 1. The quantitative estimate of drug-likeness (QED) is 0.778. The number of nitrogens with one attached hydrogen (secondary N) is 1. The molecule has 5 nitrogen and oxygen atoms in total. The van der Waals surface area contributed by atoms with Gasteiger partial charge in [-0.3, -0.25) is 4.79 Å². The van der Waals surface area contributed by atoms with Gasteiger partial charge in [0.15, 0.2) is 0 Å². The van der Waals surface area contributed by atoms with Crippen molar-refractivity contribution < 1.29 is 14.7 Å². The molecule has 2 fully saturated rings. The Hall–Kier alpha value is -1.26. The third-order valence-corrected chi connectivity index (χ3v) is 3.79. The smallest absolute Gasteiger partial charge is 0.317 e. The summed E-state index contributed by atoms with van der Waals surface area (Å²) in [5, 5.41) is 11.5. The number of nitrogens with zero attached hydrogens (tertiary/aromatic N) is 1. The fourth-order valence-corrected chi connectivity index (χ4v) is 2.91. The lowest BCUT2D eigenvalue weighted by Gasteiger charge is -2.27. The third-order valence-electron chi connectivity index (χ3n) is 3.79. The minimum atomic E-state index is -0.813. The fraction of sp³-hybridized carbons (Fsp3) is 0.833. The molecule has 1 saturated heterocycles. The van der Waals surface area contributed by atoms with E-state index in [1.165, 1.54) is 6.42 Å². The van der Waals surface area contributed by atoms with E-state index in [1.54, 1.807) is 0 Å². The molecule has 2 aliphatic rings. The van der Waals surface area contributed by atoms with E-state index in [9.17, 15) is 9.59 Å². The Bertz CT molecular complexity index is 319. The first-order valence-corrected chi connectivity index (χ1v) is 6.32. The highest BCUT2D eigenvalue weighted by molar-refractivity contribution is 5.75. The number of hydrogen-bond acceptors (Lipinski definition) is 2. The van der Waals surface area contributed by atoms with Crippen LogP contribution in [0.1, 0.15) is 32.6 Å². The van der Waals surface area contributed by atoms with Crippen molar-refractivity contribution in [3.05, 3.63) is 0 Å². The van der Waals surface area contributed by atoms with Gasteiger partial charge in [-0.25, -0.2) is 4.79 Å². The van der Waals surface area contributed by atoms with E-state index < -0.39 is 5.97 Å². The number of rotatable bonds is 4. The van der Waals surface area contributed by atoms with Crippen molar-refractivity contribution in [1.29, 1.82) is 0 Å². The van der Waals surface area contributed by atoms with E-state index in [0.29, 0.717) is 18.5 Å². The first-order chi connectivity index (χ1) is 8.06. The number of carboxylic acid groups (broad SMARTS) is 1. The van der Waals surface area contributed by atoms with Crippen molar-refractivity contribution in [3.63, 3.8) is 0 Å². The van der Waals surface area contributed by atoms with Crippen LogP contribution < -0.4 is 5.32 Å². The van der Waals surface area contributed by atoms with E-state index in [0.717, 1.165) is 19.4 Å². The van der Waals surface area contributed by atoms with Gasteiger partial charge in [0, 0.05) is 25.6 Å². The number of carbonyl (C=O) groups is 2. The van der Waals surface area contributed by atoms with Gasteiger partial charge >= 0.3 is 12.0 Å². The van der Waals surface area contributed by atoms with E-state index >= 15 is 0 Å². The summed E-state index contributed by atoms with van der Waals surface area (Å²) in [6.07, 6.45) is 3.64. The van der Waals surface area contributed by atoms with Crippen molar-refractivity contribution in [3.8, 4) is 0 Å². The molecule has 2 rings (SSSR count). The zero-order valence-electron chi connectivity index (χ0n) is 10.2. The maximum absolute atomic E-state index is 11.9. The molecule has 17 heavy (non-hydrogen) atoms. The highest BCUT2D eigenvalue weighted by atomic mass is 16.4. The molecular formula is C12H20N2O3. The van der Waals surface area contributed by atoms with Crippen molar-refractivity contribution >= 4 is 12.0 Å². The molecule has 3 unspecified atom stereocenters. The Kier molecular flexibility index (Phi) is 3.54. The zero-order valence-corrected chi connectivity index (χ0v) is 10.2. The molecule has 2 amide bonds. The van der Waals surface area contributed by atoms with E-state index in [2.05, 4.69) is 5.32 Å². The van der Waals surface area contributed by atoms with Crippen molar-refractivity contribution in [2.75, 3.05) is 13.1 Å². The molecule has 1 aliphatic heterocycles. The predicted octanol–water partition coefficient (Wildman–Crippen LogP) is 1.29. The second kappa shape index (κ2) is 4.94. The van der Waals surface area contributed by atoms with Crippen LogP contribution >= 0.6 is 0 Å². The molecule has 1 aliphatic carbocycles. The topological polar surface area (TPSA) is 69.6 Å². The minimum Gasteiger partial charge on any atom is -0.481 e. The first-order valence-electron chi connectivity index (χ1n) is 6.32. The number of carbonyl (C=O) groups excluding carboxylic acids is 1. The Morgan fingerprint density at radius 1 is 1.47 bits per heavy atom. The summed E-state index contributed by atoms with van der Waals surface area (Å²) < 4.78 is 0. The predicted molar refractivity (Wildman–Crippen MR) is 62.7 cm³/mol. The van der Waals surface area contributed by atoms with Crippen LogP contribution in [0.4, 0.5) is 4.79 Å². The highest BCUT2D eigenvalue weighted by Crippen LogP contribution is 2.37. The lowest BCUT2D eigenvalue weighted by Crippen LogP contribution is -2.45. The van der Waals surface area contributed by atoms with Crippen LogP contribution in [0.3, 0.4) is 0 Å². The van der Waals surface area contributed by atoms with Gasteiger partial charge in [0.25, 0.3) is 0 Å². The average Bonchev–Trinajstić information content (AvgIpc) is 2.86. The van der Waals surface area contributed by atoms with Gasteiger partial charge in [-0.2, -0.15) is 0 Å². The molecule has 0 aromatic rings. The summed E-state index contributed by atoms with van der Waals surface area (Å²) in [6, 6.07) is 0.407. The highest BCUT2D eigenvalue weighted by Gasteiger charge is 2.40. The van der Waals surface area contributed by atoms with E-state index in [1.807, 2.05) is 11.8 Å². The van der Waals surface area contributed by atoms with Gasteiger partial charge < -0.3 is 15.3 Å². The third kappa shape index (κ3) is 2.90. The van der Waals surface area contributed by atoms with Gasteiger partial charge in [0.2, 0.25) is 0 Å². The van der Waals surface area contributed by atoms with Crippen molar-refractivity contribution in [2.24, 2.45) is 11.8 Å². The lowest BCUT2D eigenvalue weighted by atomic mass is 10.1. The summed E-state index contributed by atoms with van der Waals surface area (Å²) in [5.74, 6) is -0.134. The Balaban J connectivity index is 1.72. The number of fused-ring (bicyclic) bond motifs is 2. The molecule has 0 radical (unpaired) electrons. The molecule has 3 atom stereocenters. The van der Waals surface area contributed by atoms with Gasteiger partial charge in [-0.05, 0) is 31.1 Å². The normalized spacial score (nSPS) is 28.2. The second-order valence-electron chi connectivity index (χ2n) is 5.37. The van der Waals surface area contributed by atoms with Crippen LogP contribution in [0, 0.1) is 11.8 Å².